The molecule has 0 saturated carbocycles. The summed E-state index contributed by atoms with van der Waals surface area (Å²) in [5.74, 6) is -1.53. The summed E-state index contributed by atoms with van der Waals surface area (Å²) in [5, 5.41) is 11.8. The average Bonchev–Trinajstić information content (AvgIpc) is 2.66. The van der Waals surface area contributed by atoms with E-state index >= 15 is 0 Å². The second-order valence-corrected chi connectivity index (χ2v) is 6.07. The number of benzene rings is 1. The Morgan fingerprint density at radius 1 is 1.32 bits per heavy atom. The first-order valence-corrected chi connectivity index (χ1v) is 8.21. The predicted octanol–water partition coefficient (Wildman–Crippen LogP) is 0.804. The van der Waals surface area contributed by atoms with E-state index in [2.05, 4.69) is 5.32 Å². The van der Waals surface area contributed by atoms with Gasteiger partial charge >= 0.3 is 11.7 Å². The summed E-state index contributed by atoms with van der Waals surface area (Å²) in [6, 6.07) is 6.25. The maximum atomic E-state index is 12.0. The lowest BCUT2D eigenvalue weighted by Gasteiger charge is -2.07. The smallest absolute Gasteiger partial charge is 0.331 e. The van der Waals surface area contributed by atoms with E-state index in [0.29, 0.717) is 5.02 Å². The zero-order valence-electron chi connectivity index (χ0n) is 14.9. The summed E-state index contributed by atoms with van der Waals surface area (Å²) >= 11 is 5.83. The van der Waals surface area contributed by atoms with Crippen LogP contribution in [0.3, 0.4) is 0 Å². The van der Waals surface area contributed by atoms with Crippen LogP contribution in [0.15, 0.2) is 40.1 Å². The number of amides is 1. The van der Waals surface area contributed by atoms with E-state index in [1.165, 1.54) is 49.1 Å². The molecule has 0 bridgehead atoms. The number of carbonyl (C=O) groups excluding carboxylic acids is 2. The van der Waals surface area contributed by atoms with Crippen LogP contribution >= 0.6 is 11.6 Å². The number of halogens is 1. The Morgan fingerprint density at radius 2 is 2.04 bits per heavy atom. The van der Waals surface area contributed by atoms with Crippen LogP contribution in [-0.4, -0.2) is 27.6 Å². The second kappa shape index (κ2) is 8.83. The number of ether oxygens (including phenoxy) is 1. The van der Waals surface area contributed by atoms with Gasteiger partial charge < -0.3 is 14.6 Å². The van der Waals surface area contributed by atoms with Gasteiger partial charge in [-0.15, -0.1) is 0 Å². The molecule has 0 unspecified atom stereocenters. The van der Waals surface area contributed by atoms with Crippen LogP contribution in [0.1, 0.15) is 11.1 Å². The molecule has 2 aromatic rings. The second-order valence-electron chi connectivity index (χ2n) is 5.63. The largest absolute Gasteiger partial charge is 0.452 e. The molecule has 28 heavy (non-hydrogen) atoms. The van der Waals surface area contributed by atoms with Gasteiger partial charge in [-0.1, -0.05) is 11.6 Å². The summed E-state index contributed by atoms with van der Waals surface area (Å²) in [6.07, 6.45) is 3.44. The zero-order valence-corrected chi connectivity index (χ0v) is 15.7. The molecule has 0 aliphatic carbocycles. The number of rotatable bonds is 5. The molecule has 2 rings (SSSR count). The van der Waals surface area contributed by atoms with Crippen molar-refractivity contribution in [2.45, 2.75) is 0 Å². The predicted molar refractivity (Wildman–Crippen MR) is 102 cm³/mol. The molecule has 0 spiro atoms. The van der Waals surface area contributed by atoms with Gasteiger partial charge in [-0.2, -0.15) is 5.26 Å². The van der Waals surface area contributed by atoms with Crippen LogP contribution in [0.4, 0.5) is 5.69 Å². The molecule has 1 N–H and O–H groups in total. The van der Waals surface area contributed by atoms with Crippen molar-refractivity contribution >= 4 is 35.2 Å². The van der Waals surface area contributed by atoms with Crippen molar-refractivity contribution in [3.05, 3.63) is 67.5 Å². The van der Waals surface area contributed by atoms with Crippen LogP contribution in [0.2, 0.25) is 5.02 Å². The van der Waals surface area contributed by atoms with E-state index in [0.717, 1.165) is 10.6 Å². The highest BCUT2D eigenvalue weighted by molar-refractivity contribution is 6.31. The van der Waals surface area contributed by atoms with Gasteiger partial charge in [0.1, 0.15) is 6.07 Å². The van der Waals surface area contributed by atoms with Gasteiger partial charge in [0.15, 0.2) is 6.61 Å². The van der Waals surface area contributed by atoms with Crippen LogP contribution < -0.4 is 16.6 Å². The van der Waals surface area contributed by atoms with Gasteiger partial charge in [-0.3, -0.25) is 14.2 Å². The fraction of sp³-hybridized carbons (Fsp3) is 0.167. The Hall–Kier alpha value is -3.64. The van der Waals surface area contributed by atoms with Crippen LogP contribution in [0, 0.1) is 11.3 Å². The Morgan fingerprint density at radius 3 is 2.71 bits per heavy atom. The molecule has 144 valence electrons. The molecule has 0 fully saturated rings. The molecule has 1 aromatic heterocycles. The number of hydrogen-bond donors (Lipinski definition) is 1. The van der Waals surface area contributed by atoms with E-state index in [-0.39, 0.29) is 16.8 Å². The fourth-order valence-corrected chi connectivity index (χ4v) is 2.37. The van der Waals surface area contributed by atoms with Crippen LogP contribution in [0.5, 0.6) is 0 Å². The minimum atomic E-state index is -0.863. The zero-order chi connectivity index (χ0) is 20.8. The molecule has 0 aliphatic rings. The Labute approximate surface area is 164 Å². The summed E-state index contributed by atoms with van der Waals surface area (Å²) in [6.45, 7) is -0.605. The van der Waals surface area contributed by atoms with E-state index in [1.54, 1.807) is 0 Å². The maximum absolute atomic E-state index is 12.0. The standard InChI is InChI=1S/C18H15ClN4O5/c1-22-9-12(17(26)23(2)18(22)27)4-6-16(25)28-10-15(24)21-14-7-13(19)5-3-11(14)8-20/h3-7,9H,10H2,1-2H3,(H,21,24)/b6-4+. The first kappa shape index (κ1) is 20.7. The van der Waals surface area contributed by atoms with Crippen molar-refractivity contribution in [1.82, 2.24) is 9.13 Å². The molecule has 9 nitrogen and oxygen atoms in total. The fourth-order valence-electron chi connectivity index (χ4n) is 2.20. The highest BCUT2D eigenvalue weighted by atomic mass is 35.5. The number of aryl methyl sites for hydroxylation is 1. The van der Waals surface area contributed by atoms with Crippen molar-refractivity contribution in [3.8, 4) is 6.07 Å². The summed E-state index contributed by atoms with van der Waals surface area (Å²) in [5.41, 5.74) is -0.576. The lowest BCUT2D eigenvalue weighted by Crippen LogP contribution is -2.37. The Kier molecular flexibility index (Phi) is 6.52. The van der Waals surface area contributed by atoms with E-state index < -0.39 is 29.7 Å². The molecule has 0 saturated heterocycles. The maximum Gasteiger partial charge on any atom is 0.331 e. The summed E-state index contributed by atoms with van der Waals surface area (Å²) in [7, 11) is 2.78. The quantitative estimate of drug-likeness (QED) is 0.583. The van der Waals surface area contributed by atoms with Crippen molar-refractivity contribution in [1.29, 1.82) is 5.26 Å². The average molecular weight is 403 g/mol. The summed E-state index contributed by atoms with van der Waals surface area (Å²) < 4.78 is 6.89. The molecule has 0 atom stereocenters. The molecule has 1 amide bonds. The third-order valence-electron chi connectivity index (χ3n) is 3.59. The highest BCUT2D eigenvalue weighted by Gasteiger charge is 2.10. The Balaban J connectivity index is 2.00. The molecule has 1 heterocycles. The first-order chi connectivity index (χ1) is 13.2. The van der Waals surface area contributed by atoms with Gasteiger partial charge in [0, 0.05) is 31.4 Å². The van der Waals surface area contributed by atoms with Crippen molar-refractivity contribution in [2.75, 3.05) is 11.9 Å². The van der Waals surface area contributed by atoms with Gasteiger partial charge in [0.25, 0.3) is 11.5 Å². The van der Waals surface area contributed by atoms with Gasteiger partial charge in [-0.05, 0) is 24.3 Å². The third-order valence-corrected chi connectivity index (χ3v) is 3.83. The number of nitrogens with zero attached hydrogens (tertiary/aromatic N) is 3. The number of nitriles is 1. The molecular formula is C18H15ClN4O5. The van der Waals surface area contributed by atoms with E-state index in [4.69, 9.17) is 21.6 Å². The number of nitrogens with one attached hydrogen (secondary N) is 1. The van der Waals surface area contributed by atoms with Crippen molar-refractivity contribution < 1.29 is 14.3 Å². The van der Waals surface area contributed by atoms with Crippen molar-refractivity contribution in [3.63, 3.8) is 0 Å². The third kappa shape index (κ3) is 4.96. The molecular weight excluding hydrogens is 388 g/mol. The van der Waals surface area contributed by atoms with E-state index in [1.807, 2.05) is 6.07 Å². The van der Waals surface area contributed by atoms with Crippen LogP contribution in [-0.2, 0) is 28.4 Å². The Bertz CT molecular complexity index is 1120. The van der Waals surface area contributed by atoms with E-state index in [9.17, 15) is 19.2 Å². The number of aromatic nitrogens is 2. The normalized spacial score (nSPS) is 10.5. The lowest BCUT2D eigenvalue weighted by molar-refractivity contribution is -0.142. The number of esters is 1. The number of carbonyl (C=O) groups is 2. The molecule has 0 aliphatic heterocycles. The van der Waals surface area contributed by atoms with Gasteiger partial charge in [0.2, 0.25) is 0 Å². The minimum absolute atomic E-state index is 0.101. The highest BCUT2D eigenvalue weighted by Crippen LogP contribution is 2.20. The monoisotopic (exact) mass is 402 g/mol. The van der Waals surface area contributed by atoms with Gasteiger partial charge in [0.05, 0.1) is 16.8 Å². The summed E-state index contributed by atoms with van der Waals surface area (Å²) in [4.78, 5) is 47.2. The topological polar surface area (TPSA) is 123 Å². The lowest BCUT2D eigenvalue weighted by atomic mass is 10.2. The van der Waals surface area contributed by atoms with Gasteiger partial charge in [-0.25, -0.2) is 9.59 Å². The SMILES string of the molecule is Cn1cc(/C=C/C(=O)OCC(=O)Nc2cc(Cl)ccc2C#N)c(=O)n(C)c1=O. The molecule has 1 aromatic carbocycles. The number of anilines is 1. The first-order valence-electron chi connectivity index (χ1n) is 7.84. The number of hydrogen-bond acceptors (Lipinski definition) is 6. The molecule has 10 heteroatoms. The van der Waals surface area contributed by atoms with Crippen molar-refractivity contribution in [2.24, 2.45) is 14.1 Å². The van der Waals surface area contributed by atoms with Crippen LogP contribution in [0.25, 0.3) is 6.08 Å². The minimum Gasteiger partial charge on any atom is -0.452 e. The molecule has 0 radical (unpaired) electrons.